The van der Waals surface area contributed by atoms with Gasteiger partial charge in [-0.2, -0.15) is 0 Å². The van der Waals surface area contributed by atoms with Gasteiger partial charge in [0.2, 0.25) is 0 Å². The molecular formula is C15H16N2O2. The number of ketones is 1. The predicted molar refractivity (Wildman–Crippen MR) is 73.0 cm³/mol. The molecule has 0 saturated heterocycles. The summed E-state index contributed by atoms with van der Waals surface area (Å²) in [5.74, 6) is -0.225. The van der Waals surface area contributed by atoms with Gasteiger partial charge in [-0.1, -0.05) is 30.3 Å². The third-order valence-electron chi connectivity index (χ3n) is 2.94. The van der Waals surface area contributed by atoms with E-state index in [2.05, 4.69) is 5.32 Å². The summed E-state index contributed by atoms with van der Waals surface area (Å²) in [6.45, 7) is 1.96. The minimum atomic E-state index is -0.182. The summed E-state index contributed by atoms with van der Waals surface area (Å²) in [7, 11) is 1.75. The van der Waals surface area contributed by atoms with E-state index >= 15 is 0 Å². The van der Waals surface area contributed by atoms with E-state index in [1.807, 2.05) is 30.3 Å². The first-order valence-electron chi connectivity index (χ1n) is 6.07. The van der Waals surface area contributed by atoms with Crippen LogP contribution in [-0.4, -0.2) is 16.3 Å². The Balaban J connectivity index is 2.06. The number of hydrogen-bond acceptors (Lipinski definition) is 2. The van der Waals surface area contributed by atoms with E-state index in [9.17, 15) is 9.59 Å². The van der Waals surface area contributed by atoms with Crippen LogP contribution in [0.1, 0.15) is 33.3 Å². The van der Waals surface area contributed by atoms with Gasteiger partial charge in [0, 0.05) is 25.4 Å². The van der Waals surface area contributed by atoms with E-state index < -0.39 is 0 Å². The summed E-state index contributed by atoms with van der Waals surface area (Å²) in [4.78, 5) is 23.3. The van der Waals surface area contributed by atoms with Crippen LogP contribution >= 0.6 is 0 Å². The zero-order valence-electron chi connectivity index (χ0n) is 11.0. The van der Waals surface area contributed by atoms with Crippen molar-refractivity contribution in [2.75, 3.05) is 0 Å². The smallest absolute Gasteiger partial charge is 0.268 e. The molecule has 0 fully saturated rings. The summed E-state index contributed by atoms with van der Waals surface area (Å²) in [6, 6.07) is 11.3. The van der Waals surface area contributed by atoms with Gasteiger partial charge in [0.1, 0.15) is 5.69 Å². The molecule has 1 aromatic heterocycles. The highest BCUT2D eigenvalue weighted by Crippen LogP contribution is 2.08. The van der Waals surface area contributed by atoms with Crippen molar-refractivity contribution in [3.8, 4) is 0 Å². The Hall–Kier alpha value is -2.36. The van der Waals surface area contributed by atoms with Gasteiger partial charge in [-0.05, 0) is 18.6 Å². The Bertz CT molecular complexity index is 600. The number of rotatable bonds is 4. The molecule has 98 valence electrons. The quantitative estimate of drug-likeness (QED) is 0.852. The molecule has 0 aliphatic carbocycles. The maximum Gasteiger partial charge on any atom is 0.268 e. The molecule has 19 heavy (non-hydrogen) atoms. The summed E-state index contributed by atoms with van der Waals surface area (Å²) < 4.78 is 1.66. The van der Waals surface area contributed by atoms with Crippen LogP contribution in [-0.2, 0) is 13.6 Å². The first kappa shape index (κ1) is 13.1. The maximum atomic E-state index is 12.0. The van der Waals surface area contributed by atoms with Crippen molar-refractivity contribution >= 4 is 11.7 Å². The molecule has 2 aromatic rings. The first-order valence-corrected chi connectivity index (χ1v) is 6.07. The highest BCUT2D eigenvalue weighted by molar-refractivity contribution is 5.99. The molecule has 4 heteroatoms. The number of benzene rings is 1. The molecule has 0 saturated carbocycles. The van der Waals surface area contributed by atoms with Gasteiger partial charge < -0.3 is 9.88 Å². The Morgan fingerprint density at radius 3 is 2.47 bits per heavy atom. The standard InChI is InChI=1S/C15H16N2O2/c1-11(18)13-8-14(17(2)10-13)15(19)16-9-12-6-4-3-5-7-12/h3-8,10H,9H2,1-2H3,(H,16,19). The van der Waals surface area contributed by atoms with Crippen molar-refractivity contribution in [2.45, 2.75) is 13.5 Å². The third-order valence-corrected chi connectivity index (χ3v) is 2.94. The van der Waals surface area contributed by atoms with E-state index in [1.165, 1.54) is 6.92 Å². The average Bonchev–Trinajstić information content (AvgIpc) is 2.80. The van der Waals surface area contributed by atoms with Crippen molar-refractivity contribution in [3.63, 3.8) is 0 Å². The second kappa shape index (κ2) is 5.52. The number of aromatic nitrogens is 1. The van der Waals surface area contributed by atoms with Gasteiger partial charge >= 0.3 is 0 Å². The SMILES string of the molecule is CC(=O)c1cc(C(=O)NCc2ccccc2)n(C)c1. The molecule has 1 N–H and O–H groups in total. The van der Waals surface area contributed by atoms with E-state index in [4.69, 9.17) is 0 Å². The van der Waals surface area contributed by atoms with Crippen molar-refractivity contribution < 1.29 is 9.59 Å². The molecule has 0 unspecified atom stereocenters. The lowest BCUT2D eigenvalue weighted by Gasteiger charge is -2.05. The van der Waals surface area contributed by atoms with Crippen LogP contribution in [0, 0.1) is 0 Å². The molecule has 2 rings (SSSR count). The van der Waals surface area contributed by atoms with Crippen LogP contribution in [0.4, 0.5) is 0 Å². The Kier molecular flexibility index (Phi) is 3.80. The Morgan fingerprint density at radius 2 is 1.89 bits per heavy atom. The van der Waals surface area contributed by atoms with Crippen molar-refractivity contribution in [3.05, 3.63) is 59.4 Å². The van der Waals surface area contributed by atoms with Crippen molar-refractivity contribution in [1.29, 1.82) is 0 Å². The van der Waals surface area contributed by atoms with E-state index in [0.717, 1.165) is 5.56 Å². The topological polar surface area (TPSA) is 51.1 Å². The normalized spacial score (nSPS) is 10.2. The minimum absolute atomic E-state index is 0.0438. The summed E-state index contributed by atoms with van der Waals surface area (Å²) >= 11 is 0. The largest absolute Gasteiger partial charge is 0.347 e. The number of nitrogens with zero attached hydrogens (tertiary/aromatic N) is 1. The lowest BCUT2D eigenvalue weighted by molar-refractivity contribution is 0.0942. The second-order valence-electron chi connectivity index (χ2n) is 4.45. The monoisotopic (exact) mass is 256 g/mol. The van der Waals surface area contributed by atoms with Crippen LogP contribution in [0.15, 0.2) is 42.6 Å². The van der Waals surface area contributed by atoms with Gasteiger partial charge in [-0.3, -0.25) is 9.59 Å². The van der Waals surface area contributed by atoms with Crippen molar-refractivity contribution in [1.82, 2.24) is 9.88 Å². The van der Waals surface area contributed by atoms with Gasteiger partial charge in [0.25, 0.3) is 5.91 Å². The minimum Gasteiger partial charge on any atom is -0.347 e. The molecule has 1 amide bonds. The van der Waals surface area contributed by atoms with Crippen LogP contribution in [0.3, 0.4) is 0 Å². The third kappa shape index (κ3) is 3.10. The predicted octanol–water partition coefficient (Wildman–Crippen LogP) is 2.16. The molecule has 0 bridgehead atoms. The lowest BCUT2D eigenvalue weighted by atomic mass is 10.2. The Labute approximate surface area is 112 Å². The molecule has 0 spiro atoms. The fourth-order valence-electron chi connectivity index (χ4n) is 1.85. The van der Waals surface area contributed by atoms with E-state index in [0.29, 0.717) is 17.8 Å². The maximum absolute atomic E-state index is 12.0. The van der Waals surface area contributed by atoms with Gasteiger partial charge in [-0.15, -0.1) is 0 Å². The highest BCUT2D eigenvalue weighted by Gasteiger charge is 2.13. The molecule has 1 aromatic carbocycles. The highest BCUT2D eigenvalue weighted by atomic mass is 16.2. The van der Waals surface area contributed by atoms with E-state index in [1.54, 1.807) is 23.9 Å². The zero-order chi connectivity index (χ0) is 13.8. The molecule has 1 heterocycles. The Morgan fingerprint density at radius 1 is 1.21 bits per heavy atom. The summed E-state index contributed by atoms with van der Waals surface area (Å²) in [5.41, 5.74) is 2.07. The lowest BCUT2D eigenvalue weighted by Crippen LogP contribution is -2.24. The van der Waals surface area contributed by atoms with E-state index in [-0.39, 0.29) is 11.7 Å². The average molecular weight is 256 g/mol. The van der Waals surface area contributed by atoms with Crippen LogP contribution in [0.2, 0.25) is 0 Å². The molecule has 0 aliphatic heterocycles. The summed E-state index contributed by atoms with van der Waals surface area (Å²) in [6.07, 6.45) is 1.67. The molecule has 0 radical (unpaired) electrons. The van der Waals surface area contributed by atoms with Crippen LogP contribution in [0.25, 0.3) is 0 Å². The molecule has 0 aliphatic rings. The zero-order valence-corrected chi connectivity index (χ0v) is 11.0. The van der Waals surface area contributed by atoms with Gasteiger partial charge in [0.05, 0.1) is 0 Å². The first-order chi connectivity index (χ1) is 9.08. The number of carbonyl (C=O) groups excluding carboxylic acids is 2. The number of carbonyl (C=O) groups is 2. The number of Topliss-reactive ketones (excluding diaryl/α,β-unsaturated/α-hetero) is 1. The van der Waals surface area contributed by atoms with Crippen LogP contribution in [0.5, 0.6) is 0 Å². The number of aryl methyl sites for hydroxylation is 1. The number of nitrogens with one attached hydrogen (secondary N) is 1. The van der Waals surface area contributed by atoms with Crippen molar-refractivity contribution in [2.24, 2.45) is 7.05 Å². The number of amides is 1. The molecule has 4 nitrogen and oxygen atoms in total. The fourth-order valence-corrected chi connectivity index (χ4v) is 1.85. The molecular weight excluding hydrogens is 240 g/mol. The molecule has 0 atom stereocenters. The summed E-state index contributed by atoms with van der Waals surface area (Å²) in [5, 5.41) is 2.84. The van der Waals surface area contributed by atoms with Crippen LogP contribution < -0.4 is 5.32 Å². The van der Waals surface area contributed by atoms with Gasteiger partial charge in [0.15, 0.2) is 5.78 Å². The number of hydrogen-bond donors (Lipinski definition) is 1. The van der Waals surface area contributed by atoms with Gasteiger partial charge in [-0.25, -0.2) is 0 Å². The second-order valence-corrected chi connectivity index (χ2v) is 4.45. The fraction of sp³-hybridized carbons (Fsp3) is 0.200.